The third-order valence-corrected chi connectivity index (χ3v) is 5.29. The van der Waals surface area contributed by atoms with Crippen molar-refractivity contribution in [3.8, 4) is 17.1 Å². The first-order valence-corrected chi connectivity index (χ1v) is 9.97. The smallest absolute Gasteiger partial charge is 0.388 e. The predicted molar refractivity (Wildman–Crippen MR) is 115 cm³/mol. The number of aryl methyl sites for hydroxylation is 2. The van der Waals surface area contributed by atoms with E-state index in [1.165, 1.54) is 28.9 Å². The Bertz CT molecular complexity index is 1270. The van der Waals surface area contributed by atoms with E-state index >= 15 is 0 Å². The van der Waals surface area contributed by atoms with Crippen LogP contribution in [0.1, 0.15) is 22.5 Å². The van der Waals surface area contributed by atoms with Crippen molar-refractivity contribution in [3.05, 3.63) is 87.4 Å². The molecule has 4 rings (SSSR count). The van der Waals surface area contributed by atoms with E-state index in [9.17, 15) is 9.18 Å². The molecule has 0 saturated carbocycles. The number of halogens is 1. The molecule has 2 heterocycles. The highest BCUT2D eigenvalue weighted by Gasteiger charge is 2.17. The number of para-hydroxylation sites is 1. The van der Waals surface area contributed by atoms with Gasteiger partial charge >= 0.3 is 5.76 Å². The number of aromatic nitrogens is 4. The summed E-state index contributed by atoms with van der Waals surface area (Å²) in [5, 5.41) is 8.98. The first-order valence-electron chi connectivity index (χ1n) is 9.97. The average Bonchev–Trinajstić information content (AvgIpc) is 3.23. The van der Waals surface area contributed by atoms with Gasteiger partial charge in [-0.15, -0.1) is 5.10 Å². The van der Waals surface area contributed by atoms with Gasteiger partial charge in [0.15, 0.2) is 0 Å². The van der Waals surface area contributed by atoms with Crippen LogP contribution in [0.3, 0.4) is 0 Å². The van der Waals surface area contributed by atoms with Gasteiger partial charge in [-0.05, 0) is 63.7 Å². The Labute approximate surface area is 179 Å². The van der Waals surface area contributed by atoms with Crippen molar-refractivity contribution >= 4 is 0 Å². The van der Waals surface area contributed by atoms with Gasteiger partial charge in [-0.25, -0.2) is 13.9 Å². The fourth-order valence-electron chi connectivity index (χ4n) is 3.59. The number of benzene rings is 2. The molecule has 0 saturated heterocycles. The van der Waals surface area contributed by atoms with E-state index in [2.05, 4.69) is 18.1 Å². The molecule has 4 aromatic rings. The zero-order valence-electron chi connectivity index (χ0n) is 18.0. The van der Waals surface area contributed by atoms with Crippen molar-refractivity contribution in [2.24, 2.45) is 0 Å². The summed E-state index contributed by atoms with van der Waals surface area (Å²) in [6.45, 7) is 6.93. The molecule has 2 aromatic carbocycles. The molecular formula is C23H24FN5O2. The summed E-state index contributed by atoms with van der Waals surface area (Å²) in [5.41, 5.74) is 5.83. The topological polar surface area (TPSA) is 69.1 Å². The molecule has 2 aromatic heterocycles. The van der Waals surface area contributed by atoms with Crippen LogP contribution in [0.2, 0.25) is 0 Å². The average molecular weight is 421 g/mol. The van der Waals surface area contributed by atoms with Gasteiger partial charge in [0.05, 0.1) is 11.4 Å². The first-order chi connectivity index (χ1) is 14.8. The normalized spacial score (nSPS) is 11.4. The van der Waals surface area contributed by atoms with Gasteiger partial charge in [0.2, 0.25) is 5.89 Å². The highest BCUT2D eigenvalue weighted by Crippen LogP contribution is 2.22. The van der Waals surface area contributed by atoms with Crippen LogP contribution >= 0.6 is 0 Å². The summed E-state index contributed by atoms with van der Waals surface area (Å²) >= 11 is 0. The maximum atomic E-state index is 13.1. The molecule has 0 N–H and O–H groups in total. The summed E-state index contributed by atoms with van der Waals surface area (Å²) in [7, 11) is 1.91. The number of hydrogen-bond acceptors (Lipinski definition) is 5. The molecular weight excluding hydrogens is 397 g/mol. The second-order valence-electron chi connectivity index (χ2n) is 7.68. The van der Waals surface area contributed by atoms with E-state index in [-0.39, 0.29) is 18.4 Å². The molecule has 160 valence electrons. The minimum Gasteiger partial charge on any atom is -0.388 e. The second-order valence-corrected chi connectivity index (χ2v) is 7.68. The van der Waals surface area contributed by atoms with Gasteiger partial charge < -0.3 is 4.42 Å². The van der Waals surface area contributed by atoms with Crippen molar-refractivity contribution in [1.82, 2.24) is 24.5 Å². The van der Waals surface area contributed by atoms with Crippen molar-refractivity contribution < 1.29 is 8.81 Å². The lowest BCUT2D eigenvalue weighted by atomic mass is 10.1. The highest BCUT2D eigenvalue weighted by molar-refractivity contribution is 5.51. The van der Waals surface area contributed by atoms with Crippen LogP contribution in [-0.4, -0.2) is 31.5 Å². The Morgan fingerprint density at radius 1 is 1.03 bits per heavy atom. The Morgan fingerprint density at radius 2 is 1.74 bits per heavy atom. The summed E-state index contributed by atoms with van der Waals surface area (Å²) in [5.74, 6) is -0.754. The molecule has 31 heavy (non-hydrogen) atoms. The van der Waals surface area contributed by atoms with E-state index in [0.29, 0.717) is 12.1 Å². The predicted octanol–water partition coefficient (Wildman–Crippen LogP) is 3.84. The molecule has 7 nitrogen and oxygen atoms in total. The monoisotopic (exact) mass is 421 g/mol. The van der Waals surface area contributed by atoms with Crippen molar-refractivity contribution in [1.29, 1.82) is 0 Å². The Morgan fingerprint density at radius 3 is 2.45 bits per heavy atom. The summed E-state index contributed by atoms with van der Waals surface area (Å²) in [6.07, 6.45) is 0. The molecule has 0 radical (unpaired) electrons. The molecule has 0 bridgehead atoms. The molecule has 0 fully saturated rings. The Hall–Kier alpha value is -3.52. The zero-order chi connectivity index (χ0) is 22.1. The van der Waals surface area contributed by atoms with Crippen LogP contribution in [0.15, 0.2) is 57.7 Å². The van der Waals surface area contributed by atoms with Crippen LogP contribution in [-0.2, 0) is 13.2 Å². The van der Waals surface area contributed by atoms with E-state index < -0.39 is 5.76 Å². The molecule has 8 heteroatoms. The van der Waals surface area contributed by atoms with Crippen molar-refractivity contribution in [2.45, 2.75) is 34.0 Å². The van der Waals surface area contributed by atoms with Gasteiger partial charge in [-0.2, -0.15) is 9.78 Å². The standard InChI is InChI=1S/C23H24FN5O2/c1-15-7-5-6-8-21(15)29-17(3)20(16(2)25-29)13-27(4)14-28-23(30)31-22(26-28)18-9-11-19(24)12-10-18/h5-12H,13-14H2,1-4H3. The van der Waals surface area contributed by atoms with Crippen LogP contribution in [0.4, 0.5) is 4.39 Å². The maximum absolute atomic E-state index is 13.1. The second kappa shape index (κ2) is 8.31. The van der Waals surface area contributed by atoms with Crippen LogP contribution in [0, 0.1) is 26.6 Å². The van der Waals surface area contributed by atoms with E-state index in [1.54, 1.807) is 0 Å². The Kier molecular flexibility index (Phi) is 5.56. The third-order valence-electron chi connectivity index (χ3n) is 5.29. The lowest BCUT2D eigenvalue weighted by Gasteiger charge is -2.16. The van der Waals surface area contributed by atoms with Gasteiger partial charge in [0, 0.05) is 23.4 Å². The highest BCUT2D eigenvalue weighted by atomic mass is 19.1. The quantitative estimate of drug-likeness (QED) is 0.473. The van der Waals surface area contributed by atoms with Crippen molar-refractivity contribution in [3.63, 3.8) is 0 Å². The lowest BCUT2D eigenvalue weighted by molar-refractivity contribution is 0.236. The lowest BCUT2D eigenvalue weighted by Crippen LogP contribution is -2.28. The molecule has 0 aliphatic carbocycles. The maximum Gasteiger partial charge on any atom is 0.438 e. The van der Waals surface area contributed by atoms with Gasteiger partial charge in [-0.3, -0.25) is 4.90 Å². The molecule has 0 amide bonds. The SMILES string of the molecule is Cc1ccccc1-n1nc(C)c(CN(C)Cn2nc(-c3ccc(F)cc3)oc2=O)c1C. The van der Waals surface area contributed by atoms with Crippen LogP contribution in [0.25, 0.3) is 17.1 Å². The Balaban J connectivity index is 1.54. The summed E-state index contributed by atoms with van der Waals surface area (Å²) in [6, 6.07) is 13.8. The van der Waals surface area contributed by atoms with E-state index in [1.807, 2.05) is 48.7 Å². The van der Waals surface area contributed by atoms with Crippen LogP contribution in [0.5, 0.6) is 0 Å². The van der Waals surface area contributed by atoms with Crippen molar-refractivity contribution in [2.75, 3.05) is 7.05 Å². The summed E-state index contributed by atoms with van der Waals surface area (Å²) < 4.78 is 21.6. The fraction of sp³-hybridized carbons (Fsp3) is 0.261. The van der Waals surface area contributed by atoms with E-state index in [0.717, 1.165) is 28.2 Å². The van der Waals surface area contributed by atoms with Gasteiger partial charge in [0.25, 0.3) is 0 Å². The number of nitrogens with zero attached hydrogens (tertiary/aromatic N) is 5. The molecule has 0 aliphatic rings. The first kappa shape index (κ1) is 20.7. The third kappa shape index (κ3) is 4.20. The molecule has 0 aliphatic heterocycles. The molecule has 0 atom stereocenters. The van der Waals surface area contributed by atoms with Gasteiger partial charge in [0.1, 0.15) is 12.5 Å². The minimum absolute atomic E-state index is 0.165. The largest absolute Gasteiger partial charge is 0.438 e. The molecule has 0 spiro atoms. The van der Waals surface area contributed by atoms with Crippen LogP contribution < -0.4 is 5.76 Å². The summed E-state index contributed by atoms with van der Waals surface area (Å²) in [4.78, 5) is 14.2. The van der Waals surface area contributed by atoms with E-state index in [4.69, 9.17) is 9.52 Å². The fourth-order valence-corrected chi connectivity index (χ4v) is 3.59. The van der Waals surface area contributed by atoms with Gasteiger partial charge in [-0.1, -0.05) is 18.2 Å². The number of rotatable bonds is 6. The number of hydrogen-bond donors (Lipinski definition) is 0. The minimum atomic E-state index is -0.560. The zero-order valence-corrected chi connectivity index (χ0v) is 18.0. The molecule has 0 unspecified atom stereocenters.